The van der Waals surface area contributed by atoms with Gasteiger partial charge in [0.2, 0.25) is 0 Å². The van der Waals surface area contributed by atoms with Crippen molar-refractivity contribution >= 4 is 18.4 Å². The normalized spacial score (nSPS) is 11.4. The van der Waals surface area contributed by atoms with Crippen molar-refractivity contribution in [3.63, 3.8) is 0 Å². The third-order valence-corrected chi connectivity index (χ3v) is 2.46. The zero-order valence-electron chi connectivity index (χ0n) is 10.5. The fourth-order valence-corrected chi connectivity index (χ4v) is 1.40. The van der Waals surface area contributed by atoms with Crippen molar-refractivity contribution in [1.29, 1.82) is 0 Å². The molecule has 0 saturated heterocycles. The number of nitrogens with two attached hydrogens (primary N) is 1. The van der Waals surface area contributed by atoms with E-state index in [1.54, 1.807) is 0 Å². The minimum Gasteiger partial charge on any atom is -0.494 e. The summed E-state index contributed by atoms with van der Waals surface area (Å²) < 4.78 is 5.51. The average molecular weight is 274 g/mol. The van der Waals surface area contributed by atoms with Gasteiger partial charge in [0.25, 0.3) is 0 Å². The first-order valence-corrected chi connectivity index (χ1v) is 5.83. The maximum absolute atomic E-state index is 10.6. The Morgan fingerprint density at radius 1 is 1.39 bits per heavy atom. The monoisotopic (exact) mass is 273 g/mol. The van der Waals surface area contributed by atoms with E-state index in [9.17, 15) is 4.79 Å². The smallest absolute Gasteiger partial charge is 0.320 e. The lowest BCUT2D eigenvalue weighted by Gasteiger charge is -2.08. The highest BCUT2D eigenvalue weighted by Crippen LogP contribution is 2.13. The van der Waals surface area contributed by atoms with Gasteiger partial charge < -0.3 is 15.6 Å². The lowest BCUT2D eigenvalue weighted by atomic mass is 10.1. The Bertz CT molecular complexity index is 354. The van der Waals surface area contributed by atoms with Gasteiger partial charge in [-0.2, -0.15) is 0 Å². The van der Waals surface area contributed by atoms with Crippen molar-refractivity contribution in [1.82, 2.24) is 0 Å². The zero-order chi connectivity index (χ0) is 12.7. The molecule has 1 aromatic rings. The summed E-state index contributed by atoms with van der Waals surface area (Å²) in [6.45, 7) is 2.82. The minimum atomic E-state index is -0.978. The van der Waals surface area contributed by atoms with Crippen molar-refractivity contribution in [2.45, 2.75) is 32.2 Å². The third kappa shape index (κ3) is 5.89. The fraction of sp³-hybridized carbons (Fsp3) is 0.462. The molecule has 0 fully saturated rings. The molecule has 1 rings (SSSR count). The zero-order valence-corrected chi connectivity index (χ0v) is 11.3. The van der Waals surface area contributed by atoms with Gasteiger partial charge in [-0.05, 0) is 30.5 Å². The van der Waals surface area contributed by atoms with Crippen LogP contribution in [-0.4, -0.2) is 23.7 Å². The Hall–Kier alpha value is -1.26. The summed E-state index contributed by atoms with van der Waals surface area (Å²) in [4.78, 5) is 10.6. The number of carbonyl (C=O) groups is 1. The molecule has 1 atom stereocenters. The van der Waals surface area contributed by atoms with Crippen LogP contribution in [0.3, 0.4) is 0 Å². The molecule has 0 bridgehead atoms. The van der Waals surface area contributed by atoms with Crippen LogP contribution in [0.4, 0.5) is 0 Å². The number of carboxylic acid groups (broad SMARTS) is 1. The lowest BCUT2D eigenvalue weighted by molar-refractivity contribution is -0.138. The topological polar surface area (TPSA) is 72.5 Å². The maximum Gasteiger partial charge on any atom is 0.320 e. The molecule has 0 amide bonds. The van der Waals surface area contributed by atoms with E-state index in [0.717, 1.165) is 24.2 Å². The van der Waals surface area contributed by atoms with Gasteiger partial charge in [-0.1, -0.05) is 25.5 Å². The lowest BCUT2D eigenvalue weighted by Crippen LogP contribution is -2.32. The Kier molecular flexibility index (Phi) is 8.16. The molecule has 0 aromatic heterocycles. The molecule has 3 N–H and O–H groups in total. The standard InChI is InChI=1S/C13H19NO3.ClH/c1-2-3-8-17-11-6-4-10(5-7-11)9-12(14)13(15)16;/h4-7,12H,2-3,8-9,14H2,1H3,(H,15,16);1H. The van der Waals surface area contributed by atoms with Crippen LogP contribution in [0, 0.1) is 0 Å². The van der Waals surface area contributed by atoms with Crippen molar-refractivity contribution < 1.29 is 14.6 Å². The number of unbranched alkanes of at least 4 members (excludes halogenated alkanes) is 1. The molecule has 0 heterocycles. The van der Waals surface area contributed by atoms with E-state index >= 15 is 0 Å². The minimum absolute atomic E-state index is 0. The summed E-state index contributed by atoms with van der Waals surface area (Å²) in [6.07, 6.45) is 2.47. The van der Waals surface area contributed by atoms with Gasteiger partial charge in [-0.3, -0.25) is 4.79 Å². The van der Waals surface area contributed by atoms with Crippen LogP contribution < -0.4 is 10.5 Å². The second-order valence-electron chi connectivity index (χ2n) is 3.99. The largest absolute Gasteiger partial charge is 0.494 e. The number of rotatable bonds is 7. The number of benzene rings is 1. The first kappa shape index (κ1) is 16.7. The highest BCUT2D eigenvalue weighted by Gasteiger charge is 2.11. The van der Waals surface area contributed by atoms with Gasteiger partial charge in [-0.15, -0.1) is 12.4 Å². The van der Waals surface area contributed by atoms with Crippen LogP contribution in [0.2, 0.25) is 0 Å². The average Bonchev–Trinajstić information content (AvgIpc) is 2.31. The molecule has 18 heavy (non-hydrogen) atoms. The highest BCUT2D eigenvalue weighted by molar-refractivity contribution is 5.85. The molecule has 0 aliphatic carbocycles. The van der Waals surface area contributed by atoms with E-state index in [1.165, 1.54) is 0 Å². The summed E-state index contributed by atoms with van der Waals surface area (Å²) in [6, 6.07) is 6.55. The van der Waals surface area contributed by atoms with Gasteiger partial charge >= 0.3 is 5.97 Å². The summed E-state index contributed by atoms with van der Waals surface area (Å²) >= 11 is 0. The van der Waals surface area contributed by atoms with Gasteiger partial charge in [0.1, 0.15) is 11.8 Å². The van der Waals surface area contributed by atoms with Crippen LogP contribution in [0.15, 0.2) is 24.3 Å². The number of halogens is 1. The molecule has 102 valence electrons. The van der Waals surface area contributed by atoms with Gasteiger partial charge in [0.05, 0.1) is 6.61 Å². The van der Waals surface area contributed by atoms with Gasteiger partial charge in [0, 0.05) is 0 Å². The second kappa shape index (κ2) is 8.78. The summed E-state index contributed by atoms with van der Waals surface area (Å²) in [5.74, 6) is -0.167. The quantitative estimate of drug-likeness (QED) is 0.748. The van der Waals surface area contributed by atoms with Gasteiger partial charge in [-0.25, -0.2) is 0 Å². The van der Waals surface area contributed by atoms with Crippen LogP contribution >= 0.6 is 12.4 Å². The number of hydrogen-bond acceptors (Lipinski definition) is 3. The molecule has 0 aliphatic rings. The number of ether oxygens (including phenoxy) is 1. The predicted octanol–water partition coefficient (Wildman–Crippen LogP) is 2.24. The first-order chi connectivity index (χ1) is 8.13. The van der Waals surface area contributed by atoms with Crippen molar-refractivity contribution in [2.24, 2.45) is 5.73 Å². The second-order valence-corrected chi connectivity index (χ2v) is 3.99. The number of aliphatic carboxylic acids is 1. The van der Waals surface area contributed by atoms with E-state index in [1.807, 2.05) is 24.3 Å². The molecule has 0 radical (unpaired) electrons. The molecule has 0 aliphatic heterocycles. The molecule has 0 spiro atoms. The fourth-order valence-electron chi connectivity index (χ4n) is 1.40. The van der Waals surface area contributed by atoms with Crippen molar-refractivity contribution in [3.05, 3.63) is 29.8 Å². The van der Waals surface area contributed by atoms with E-state index in [-0.39, 0.29) is 12.4 Å². The molecular weight excluding hydrogens is 254 g/mol. The molecule has 5 heteroatoms. The third-order valence-electron chi connectivity index (χ3n) is 2.46. The van der Waals surface area contributed by atoms with Crippen molar-refractivity contribution in [2.75, 3.05) is 6.61 Å². The SMILES string of the molecule is CCCCOc1ccc(CC(N)C(=O)O)cc1.Cl. The van der Waals surface area contributed by atoms with Crippen LogP contribution in [0.5, 0.6) is 5.75 Å². The summed E-state index contributed by atoms with van der Waals surface area (Å²) in [5.41, 5.74) is 6.36. The highest BCUT2D eigenvalue weighted by atomic mass is 35.5. The van der Waals surface area contributed by atoms with E-state index in [4.69, 9.17) is 15.6 Å². The number of hydrogen-bond donors (Lipinski definition) is 2. The molecule has 1 unspecified atom stereocenters. The van der Waals surface area contributed by atoms with Crippen LogP contribution in [-0.2, 0) is 11.2 Å². The maximum atomic E-state index is 10.6. The molecule has 1 aromatic carbocycles. The van der Waals surface area contributed by atoms with E-state index < -0.39 is 12.0 Å². The van der Waals surface area contributed by atoms with Crippen LogP contribution in [0.1, 0.15) is 25.3 Å². The molecule has 4 nitrogen and oxygen atoms in total. The summed E-state index contributed by atoms with van der Waals surface area (Å²) in [7, 11) is 0. The van der Waals surface area contributed by atoms with E-state index in [2.05, 4.69) is 6.92 Å². The Balaban J connectivity index is 0.00000289. The summed E-state index contributed by atoms with van der Waals surface area (Å²) in [5, 5.41) is 8.69. The number of carboxylic acids is 1. The van der Waals surface area contributed by atoms with E-state index in [0.29, 0.717) is 13.0 Å². The molecule has 0 saturated carbocycles. The first-order valence-electron chi connectivity index (χ1n) is 5.83. The molecular formula is C13H20ClNO3. The Labute approximate surface area is 114 Å². The predicted molar refractivity (Wildman–Crippen MR) is 73.4 cm³/mol. The van der Waals surface area contributed by atoms with Crippen LogP contribution in [0.25, 0.3) is 0 Å². The Morgan fingerprint density at radius 3 is 2.50 bits per heavy atom. The van der Waals surface area contributed by atoms with Gasteiger partial charge in [0.15, 0.2) is 0 Å². The Morgan fingerprint density at radius 2 is 2.00 bits per heavy atom. The van der Waals surface area contributed by atoms with Crippen molar-refractivity contribution in [3.8, 4) is 5.75 Å².